The topological polar surface area (TPSA) is 112 Å². The molecule has 0 spiro atoms. The molecule has 0 radical (unpaired) electrons. The van der Waals surface area contributed by atoms with Crippen LogP contribution in [0.4, 0.5) is 9.52 Å². The fourth-order valence-electron chi connectivity index (χ4n) is 12.4. The van der Waals surface area contributed by atoms with Crippen LogP contribution in [0, 0.1) is 56.1 Å². The number of carbonyl (C=O) groups excluding carboxylic acids is 4. The second-order valence-corrected chi connectivity index (χ2v) is 20.0. The van der Waals surface area contributed by atoms with Gasteiger partial charge in [-0.05, 0) is 129 Å². The maximum atomic E-state index is 14.8. The third-order valence-electron chi connectivity index (χ3n) is 15.7. The highest BCUT2D eigenvalue weighted by molar-refractivity contribution is 7.22. The van der Waals surface area contributed by atoms with Crippen LogP contribution < -0.4 is 5.32 Å². The van der Waals surface area contributed by atoms with Gasteiger partial charge in [0.2, 0.25) is 5.91 Å². The minimum Gasteiger partial charge on any atom is -0.466 e. The van der Waals surface area contributed by atoms with Crippen molar-refractivity contribution < 1.29 is 33.0 Å². The molecule has 0 unspecified atom stereocenters. The smallest absolute Gasteiger partial charge is 0.311 e. The maximum Gasteiger partial charge on any atom is 0.311 e. The predicted molar refractivity (Wildman–Crippen MR) is 203 cm³/mol. The number of rotatable bonds is 7. The third-order valence-corrected chi connectivity index (χ3v) is 16.6. The van der Waals surface area contributed by atoms with Gasteiger partial charge in [0, 0.05) is 17.8 Å². The molecule has 1 heterocycles. The first-order valence-corrected chi connectivity index (χ1v) is 20.6. The van der Waals surface area contributed by atoms with Crippen LogP contribution in [-0.2, 0) is 28.7 Å². The number of benzene rings is 1. The summed E-state index contributed by atoms with van der Waals surface area (Å²) in [6.45, 7) is 18.2. The highest BCUT2D eigenvalue weighted by Gasteiger charge is 2.70. The van der Waals surface area contributed by atoms with Gasteiger partial charge in [0.1, 0.15) is 11.9 Å². The Hall–Kier alpha value is -3.14. The molecule has 53 heavy (non-hydrogen) atoms. The molecule has 8 nitrogen and oxygen atoms in total. The van der Waals surface area contributed by atoms with E-state index in [4.69, 9.17) is 9.47 Å². The molecule has 5 aliphatic rings. The summed E-state index contributed by atoms with van der Waals surface area (Å²) in [6, 6.07) is 4.28. The van der Waals surface area contributed by atoms with Crippen LogP contribution in [0.3, 0.4) is 0 Å². The second-order valence-electron chi connectivity index (χ2n) is 19.0. The number of amides is 1. The number of halogens is 1. The number of anilines is 1. The van der Waals surface area contributed by atoms with Crippen molar-refractivity contribution in [1.29, 1.82) is 0 Å². The van der Waals surface area contributed by atoms with Crippen molar-refractivity contribution in [1.82, 2.24) is 4.98 Å². The highest BCUT2D eigenvalue weighted by Crippen LogP contribution is 2.75. The quantitative estimate of drug-likeness (QED) is 0.281. The summed E-state index contributed by atoms with van der Waals surface area (Å²) in [5.74, 6) is -0.808. The van der Waals surface area contributed by atoms with E-state index >= 15 is 0 Å². The van der Waals surface area contributed by atoms with E-state index in [2.05, 4.69) is 58.8 Å². The number of aromatic nitrogens is 1. The molecule has 5 aliphatic carbocycles. The Morgan fingerprint density at radius 2 is 1.70 bits per heavy atom. The van der Waals surface area contributed by atoms with E-state index in [1.54, 1.807) is 6.07 Å². The Balaban J connectivity index is 1.06. The fraction of sp³-hybridized carbons (Fsp3) is 0.698. The van der Waals surface area contributed by atoms with E-state index in [-0.39, 0.29) is 87.3 Å². The number of esters is 2. The van der Waals surface area contributed by atoms with E-state index in [1.165, 1.54) is 29.0 Å². The van der Waals surface area contributed by atoms with Gasteiger partial charge in [-0.2, -0.15) is 0 Å². The maximum absolute atomic E-state index is 14.8. The zero-order valence-corrected chi connectivity index (χ0v) is 33.6. The lowest BCUT2D eigenvalue weighted by Crippen LogP contribution is -2.66. The van der Waals surface area contributed by atoms with Gasteiger partial charge in [0.05, 0.1) is 28.7 Å². The zero-order valence-electron chi connectivity index (χ0n) is 32.8. The van der Waals surface area contributed by atoms with E-state index < -0.39 is 11.4 Å². The number of ketones is 1. The van der Waals surface area contributed by atoms with Crippen molar-refractivity contribution in [3.63, 3.8) is 0 Å². The number of ether oxygens (including phenoxy) is 2. The molecule has 4 saturated carbocycles. The number of nitrogens with zero attached hydrogens (tertiary/aromatic N) is 1. The average molecular weight is 749 g/mol. The Morgan fingerprint density at radius 3 is 2.43 bits per heavy atom. The van der Waals surface area contributed by atoms with Crippen LogP contribution in [0.2, 0.25) is 0 Å². The third kappa shape index (κ3) is 5.99. The van der Waals surface area contributed by atoms with Gasteiger partial charge in [-0.3, -0.25) is 19.2 Å². The van der Waals surface area contributed by atoms with Crippen molar-refractivity contribution in [2.24, 2.45) is 50.2 Å². The largest absolute Gasteiger partial charge is 0.466 e. The summed E-state index contributed by atoms with van der Waals surface area (Å²) < 4.78 is 26.0. The standard InChI is InChI=1S/C43H57FN2O6S/c1-9-51-36(50)40(5)19-18-39(4)20-21-42(7)26(27(39)24-40)23-29(47)35-41(6)16-15-32(38(2,3)31(41)14-17-43(35,42)8)52-34(49)13-12-33(48)46-37-45-28-11-10-25(44)22-30(28)53-37/h10-11,22-23,27,31-32,35H,9,12-21,24H2,1-8H3,(H,45,46,48)/t27-,31-,32-,35+,39+,40-,41-,42+,43+/m0/s1. The van der Waals surface area contributed by atoms with Crippen LogP contribution in [0.1, 0.15) is 126 Å². The van der Waals surface area contributed by atoms with Crippen LogP contribution >= 0.6 is 11.3 Å². The molecule has 0 bridgehead atoms. The summed E-state index contributed by atoms with van der Waals surface area (Å²) in [4.78, 5) is 58.3. The first kappa shape index (κ1) is 38.1. The number of carbonyl (C=O) groups is 4. The van der Waals surface area contributed by atoms with E-state index in [0.717, 1.165) is 51.4 Å². The first-order chi connectivity index (χ1) is 24.8. The average Bonchev–Trinajstić information content (AvgIpc) is 3.48. The SMILES string of the molecule is CCOC(=O)[C@@]1(C)CC[C@]2(C)CC[C@]3(C)C(=CC(=O)[C@@H]4[C@@]5(C)CC[C@H](OC(=O)CCC(=O)Nc6nc7ccc(F)cc7s6)C(C)(C)[C@@H]5CC[C@]43C)[C@@H]2C1. The molecule has 2 aromatic rings. The van der Waals surface area contributed by atoms with Crippen molar-refractivity contribution in [3.05, 3.63) is 35.7 Å². The molecule has 0 saturated heterocycles. The Kier molecular flexibility index (Phi) is 9.34. The molecule has 1 aromatic carbocycles. The molecule has 1 amide bonds. The Morgan fingerprint density at radius 1 is 0.962 bits per heavy atom. The number of hydrogen-bond acceptors (Lipinski definition) is 8. The minimum absolute atomic E-state index is 0.0431. The Labute approximate surface area is 317 Å². The number of nitrogens with one attached hydrogen (secondary N) is 1. The van der Waals surface area contributed by atoms with Gasteiger partial charge in [-0.25, -0.2) is 9.37 Å². The number of thiazole rings is 1. The molecular weight excluding hydrogens is 692 g/mol. The molecule has 7 rings (SSSR count). The van der Waals surface area contributed by atoms with Gasteiger partial charge in [0.15, 0.2) is 10.9 Å². The van der Waals surface area contributed by atoms with Crippen molar-refractivity contribution in [2.75, 3.05) is 11.9 Å². The van der Waals surface area contributed by atoms with Crippen molar-refractivity contribution in [2.45, 2.75) is 132 Å². The Bertz CT molecular complexity index is 1890. The molecule has 9 atom stereocenters. The van der Waals surface area contributed by atoms with Crippen molar-refractivity contribution in [3.8, 4) is 0 Å². The van der Waals surface area contributed by atoms with Crippen molar-refractivity contribution >= 4 is 50.3 Å². The summed E-state index contributed by atoms with van der Waals surface area (Å²) in [5, 5.41) is 3.10. The zero-order chi connectivity index (χ0) is 38.4. The van der Waals surface area contributed by atoms with Gasteiger partial charge >= 0.3 is 11.9 Å². The van der Waals surface area contributed by atoms with Crippen LogP contribution in [0.15, 0.2) is 29.8 Å². The van der Waals surface area contributed by atoms with Gasteiger partial charge in [0.25, 0.3) is 0 Å². The van der Waals surface area contributed by atoms with Crippen LogP contribution in [0.5, 0.6) is 0 Å². The van der Waals surface area contributed by atoms with Crippen LogP contribution in [0.25, 0.3) is 10.2 Å². The molecular formula is C43H57FN2O6S. The lowest BCUT2D eigenvalue weighted by atomic mass is 9.33. The molecule has 288 valence electrons. The summed E-state index contributed by atoms with van der Waals surface area (Å²) >= 11 is 1.19. The van der Waals surface area contributed by atoms with Gasteiger partial charge < -0.3 is 14.8 Å². The molecule has 1 N–H and O–H groups in total. The summed E-state index contributed by atoms with van der Waals surface area (Å²) in [6.07, 6.45) is 9.54. The monoisotopic (exact) mass is 748 g/mol. The second kappa shape index (κ2) is 13.0. The van der Waals surface area contributed by atoms with Crippen LogP contribution in [-0.4, -0.2) is 41.3 Å². The fourth-order valence-corrected chi connectivity index (χ4v) is 13.3. The normalized spacial score (nSPS) is 38.7. The minimum atomic E-state index is -0.550. The summed E-state index contributed by atoms with van der Waals surface area (Å²) in [5.41, 5.74) is 0.350. The molecule has 1 aromatic heterocycles. The molecule has 0 aliphatic heterocycles. The lowest BCUT2D eigenvalue weighted by molar-refractivity contribution is -0.211. The number of fused-ring (bicyclic) bond motifs is 8. The van der Waals surface area contributed by atoms with E-state index in [0.29, 0.717) is 28.4 Å². The predicted octanol–water partition coefficient (Wildman–Crippen LogP) is 9.61. The summed E-state index contributed by atoms with van der Waals surface area (Å²) in [7, 11) is 0. The number of allylic oxidation sites excluding steroid dienone is 2. The van der Waals surface area contributed by atoms with Gasteiger partial charge in [-0.1, -0.05) is 58.5 Å². The lowest BCUT2D eigenvalue weighted by Gasteiger charge is -2.70. The molecule has 4 fully saturated rings. The van der Waals surface area contributed by atoms with E-state index in [9.17, 15) is 23.6 Å². The van der Waals surface area contributed by atoms with E-state index in [1.807, 2.05) is 13.0 Å². The van der Waals surface area contributed by atoms with Gasteiger partial charge in [-0.15, -0.1) is 0 Å². The highest BCUT2D eigenvalue weighted by atomic mass is 32.1. The first-order valence-electron chi connectivity index (χ1n) is 19.8. The number of hydrogen-bond donors (Lipinski definition) is 1. The molecule has 10 heteroatoms.